The lowest BCUT2D eigenvalue weighted by Gasteiger charge is -2.39. The third kappa shape index (κ3) is 5.82. The minimum Gasteiger partial charge on any atom is -0.512 e. The van der Waals surface area contributed by atoms with Gasteiger partial charge in [0, 0.05) is 30.0 Å². The first-order valence-electron chi connectivity index (χ1n) is 14.1. The SMILES string of the molecule is C=C(Cc1c(O)cc(O)c2c1OC(c1ccc(O)c(C3C[C@@H](O)[C@@H](O)/C(=C\O)O3)c1)CC2=O)C[C@@H]1O[C@@H](C)[C@@H](O)[C@@H](O)C1O. The molecule has 13 nitrogen and oxygen atoms in total. The number of carbonyl (C=O) groups is 1. The van der Waals surface area contributed by atoms with Gasteiger partial charge in [0.25, 0.3) is 0 Å². The maximum Gasteiger partial charge on any atom is 0.174 e. The van der Waals surface area contributed by atoms with Crippen molar-refractivity contribution in [3.63, 3.8) is 0 Å². The minimum absolute atomic E-state index is 0.0370. The second kappa shape index (κ2) is 12.3. The molecule has 238 valence electrons. The lowest BCUT2D eigenvalue weighted by Crippen LogP contribution is -2.56. The van der Waals surface area contributed by atoms with Crippen LogP contribution in [0.25, 0.3) is 0 Å². The van der Waals surface area contributed by atoms with Crippen LogP contribution in [0.5, 0.6) is 23.0 Å². The second-order valence-electron chi connectivity index (χ2n) is 11.5. The first-order valence-corrected chi connectivity index (χ1v) is 14.1. The van der Waals surface area contributed by atoms with E-state index in [1.54, 1.807) is 6.92 Å². The van der Waals surface area contributed by atoms with Crippen LogP contribution in [0.4, 0.5) is 0 Å². The van der Waals surface area contributed by atoms with Gasteiger partial charge in [0.15, 0.2) is 11.5 Å². The summed E-state index contributed by atoms with van der Waals surface area (Å²) < 4.78 is 17.4. The molecule has 44 heavy (non-hydrogen) atoms. The van der Waals surface area contributed by atoms with E-state index in [-0.39, 0.29) is 65.4 Å². The van der Waals surface area contributed by atoms with Crippen LogP contribution in [0.1, 0.15) is 65.4 Å². The first kappa shape index (κ1) is 31.6. The monoisotopic (exact) mass is 616 g/mol. The summed E-state index contributed by atoms with van der Waals surface area (Å²) in [6.07, 6.45) is -10.2. The summed E-state index contributed by atoms with van der Waals surface area (Å²) in [7, 11) is 0. The highest BCUT2D eigenvalue weighted by atomic mass is 16.5. The molecule has 0 radical (unpaired) electrons. The number of hydrogen-bond donors (Lipinski definition) is 9. The van der Waals surface area contributed by atoms with Crippen molar-refractivity contribution in [2.45, 2.75) is 87.5 Å². The number of rotatable bonds is 6. The predicted octanol–water partition coefficient (Wildman–Crippen LogP) is 1.45. The van der Waals surface area contributed by atoms with Crippen LogP contribution < -0.4 is 4.74 Å². The van der Waals surface area contributed by atoms with Gasteiger partial charge in [-0.3, -0.25) is 4.79 Å². The normalized spacial score (nSPS) is 32.9. The summed E-state index contributed by atoms with van der Waals surface area (Å²) in [5, 5.41) is 92.1. The molecule has 5 rings (SSSR count). The largest absolute Gasteiger partial charge is 0.512 e. The average Bonchev–Trinajstić information content (AvgIpc) is 2.98. The lowest BCUT2D eigenvalue weighted by atomic mass is 9.88. The van der Waals surface area contributed by atoms with Gasteiger partial charge in [-0.05, 0) is 31.0 Å². The molecule has 0 aliphatic carbocycles. The lowest BCUT2D eigenvalue weighted by molar-refractivity contribution is -0.216. The molecule has 9 atom stereocenters. The van der Waals surface area contributed by atoms with Crippen molar-refractivity contribution in [2.24, 2.45) is 0 Å². The number of aliphatic hydroxyl groups is 6. The Labute approximate surface area is 252 Å². The topological polar surface area (TPSA) is 227 Å². The van der Waals surface area contributed by atoms with E-state index in [0.717, 1.165) is 6.07 Å². The van der Waals surface area contributed by atoms with Gasteiger partial charge in [-0.25, -0.2) is 0 Å². The van der Waals surface area contributed by atoms with Gasteiger partial charge in [-0.2, -0.15) is 0 Å². The first-order chi connectivity index (χ1) is 20.8. The molecule has 3 aliphatic rings. The van der Waals surface area contributed by atoms with Crippen molar-refractivity contribution in [1.82, 2.24) is 0 Å². The van der Waals surface area contributed by atoms with E-state index in [2.05, 4.69) is 6.58 Å². The fourth-order valence-electron chi connectivity index (χ4n) is 5.94. The minimum atomic E-state index is -1.45. The Kier molecular flexibility index (Phi) is 8.80. The van der Waals surface area contributed by atoms with Gasteiger partial charge < -0.3 is 60.2 Å². The van der Waals surface area contributed by atoms with E-state index in [9.17, 15) is 50.8 Å². The summed E-state index contributed by atoms with van der Waals surface area (Å²) in [5.74, 6) is -1.89. The summed E-state index contributed by atoms with van der Waals surface area (Å²) in [5.41, 5.74) is 1.07. The van der Waals surface area contributed by atoms with Gasteiger partial charge in [0.05, 0.1) is 24.7 Å². The Balaban J connectivity index is 1.42. The van der Waals surface area contributed by atoms with E-state index in [1.807, 2.05) is 0 Å². The van der Waals surface area contributed by atoms with E-state index in [4.69, 9.17) is 14.2 Å². The highest BCUT2D eigenvalue weighted by Crippen LogP contribution is 2.47. The van der Waals surface area contributed by atoms with Crippen molar-refractivity contribution >= 4 is 5.78 Å². The number of fused-ring (bicyclic) bond motifs is 1. The van der Waals surface area contributed by atoms with Gasteiger partial charge in [0.2, 0.25) is 0 Å². The van der Waals surface area contributed by atoms with E-state index < -0.39 is 66.5 Å². The van der Waals surface area contributed by atoms with E-state index in [0.29, 0.717) is 17.4 Å². The summed E-state index contributed by atoms with van der Waals surface area (Å²) >= 11 is 0. The van der Waals surface area contributed by atoms with Crippen molar-refractivity contribution in [3.8, 4) is 23.0 Å². The number of aromatic hydroxyl groups is 3. The number of benzene rings is 2. The van der Waals surface area contributed by atoms with Crippen molar-refractivity contribution in [1.29, 1.82) is 0 Å². The zero-order chi connectivity index (χ0) is 32.0. The molecule has 3 aliphatic heterocycles. The molecule has 0 aromatic heterocycles. The van der Waals surface area contributed by atoms with Crippen LogP contribution >= 0.6 is 0 Å². The van der Waals surface area contributed by atoms with E-state index in [1.165, 1.54) is 18.2 Å². The molecule has 0 amide bonds. The fraction of sp³-hybridized carbons (Fsp3) is 0.452. The Bertz CT molecular complexity index is 1470. The van der Waals surface area contributed by atoms with Gasteiger partial charge in [-0.1, -0.05) is 18.2 Å². The number of aliphatic hydroxyl groups excluding tert-OH is 6. The molecular weight excluding hydrogens is 580 g/mol. The van der Waals surface area contributed by atoms with Crippen molar-refractivity contribution in [3.05, 3.63) is 70.7 Å². The third-order valence-corrected chi connectivity index (χ3v) is 8.40. The number of Topliss-reactive ketones (excluding diaryl/α,β-unsaturated/α-hetero) is 1. The Morgan fingerprint density at radius 1 is 0.955 bits per heavy atom. The molecule has 0 spiro atoms. The molecule has 3 unspecified atom stereocenters. The quantitative estimate of drug-likeness (QED) is 0.166. The second-order valence-corrected chi connectivity index (χ2v) is 11.5. The smallest absolute Gasteiger partial charge is 0.174 e. The molecule has 2 saturated heterocycles. The van der Waals surface area contributed by atoms with Crippen LogP contribution in [-0.4, -0.2) is 94.5 Å². The molecule has 2 aromatic carbocycles. The molecule has 13 heteroatoms. The predicted molar refractivity (Wildman–Crippen MR) is 151 cm³/mol. The third-order valence-electron chi connectivity index (χ3n) is 8.40. The average molecular weight is 617 g/mol. The fourth-order valence-corrected chi connectivity index (χ4v) is 5.94. The molecule has 2 aromatic rings. The molecule has 9 N–H and O–H groups in total. The maximum atomic E-state index is 13.3. The molecular formula is C31H36O13. The summed E-state index contributed by atoms with van der Waals surface area (Å²) in [6, 6.07) is 5.40. The zero-order valence-corrected chi connectivity index (χ0v) is 23.8. The number of carbonyl (C=O) groups excluding carboxylic acids is 1. The molecule has 0 saturated carbocycles. The summed E-state index contributed by atoms with van der Waals surface area (Å²) in [6.45, 7) is 5.56. The van der Waals surface area contributed by atoms with Crippen LogP contribution in [0.3, 0.4) is 0 Å². The van der Waals surface area contributed by atoms with Crippen LogP contribution in [0, 0.1) is 0 Å². The highest BCUT2D eigenvalue weighted by molar-refractivity contribution is 6.03. The standard InChI is InChI=1S/C31H36O13/c1-12(6-24-29(40)30(41)27(38)13(2)42-24)5-16-18(34)8-19(35)26-20(36)9-22(44-31(16)26)14-3-4-17(33)15(7-14)23-10-21(37)28(39)25(11-32)43-23/h3-4,7-8,11,13,21-24,27-30,32-35,37-41H,1,5-6,9-10H2,2H3/b25-11+/t13-,21+,22?,23?,24-,27+,28+,29?,30+/m0/s1. The van der Waals surface area contributed by atoms with Crippen molar-refractivity contribution in [2.75, 3.05) is 0 Å². The highest BCUT2D eigenvalue weighted by Gasteiger charge is 2.42. The summed E-state index contributed by atoms with van der Waals surface area (Å²) in [4.78, 5) is 13.3. The Morgan fingerprint density at radius 2 is 1.68 bits per heavy atom. The number of ether oxygens (including phenoxy) is 3. The van der Waals surface area contributed by atoms with Crippen molar-refractivity contribution < 1.29 is 65.0 Å². The molecule has 3 heterocycles. The van der Waals surface area contributed by atoms with Crippen LogP contribution in [0.15, 0.2) is 48.4 Å². The number of hydrogen-bond acceptors (Lipinski definition) is 13. The van der Waals surface area contributed by atoms with Gasteiger partial charge in [-0.15, -0.1) is 0 Å². The number of phenolic OH excluding ortho intramolecular Hbond substituents is 3. The number of ketones is 1. The maximum absolute atomic E-state index is 13.3. The van der Waals surface area contributed by atoms with Gasteiger partial charge in [0.1, 0.15) is 71.4 Å². The van der Waals surface area contributed by atoms with Crippen LogP contribution in [0.2, 0.25) is 0 Å². The van der Waals surface area contributed by atoms with Crippen LogP contribution in [-0.2, 0) is 15.9 Å². The Hall–Kier alpha value is -3.85. The van der Waals surface area contributed by atoms with Gasteiger partial charge >= 0.3 is 0 Å². The number of phenols is 3. The zero-order valence-electron chi connectivity index (χ0n) is 23.8. The molecule has 0 bridgehead atoms. The van der Waals surface area contributed by atoms with E-state index >= 15 is 0 Å². The molecule has 2 fully saturated rings. The Morgan fingerprint density at radius 3 is 2.39 bits per heavy atom.